The first-order chi connectivity index (χ1) is 8.12. The quantitative estimate of drug-likeness (QED) is 0.849. The molecule has 0 aliphatic rings. The summed E-state index contributed by atoms with van der Waals surface area (Å²) in [5, 5.41) is 28.6. The summed E-state index contributed by atoms with van der Waals surface area (Å²) in [6.07, 6.45) is 0. The maximum atomic E-state index is 13.0. The molecule has 17 heavy (non-hydrogen) atoms. The standard InChI is InChI=1S/C11H4BrFN4/c12-9-2-1-8(13)3-10(9)17-11(6-16)7(4-14)5-15/h1-3,17H. The Bertz CT molecular complexity index is 585. The smallest absolute Gasteiger partial charge is 0.163 e. The molecule has 4 nitrogen and oxygen atoms in total. The molecule has 0 saturated heterocycles. The summed E-state index contributed by atoms with van der Waals surface area (Å²) in [6.45, 7) is 0. The molecule has 0 saturated carbocycles. The topological polar surface area (TPSA) is 83.4 Å². The van der Waals surface area contributed by atoms with E-state index in [1.165, 1.54) is 12.1 Å². The fraction of sp³-hybridized carbons (Fsp3) is 0. The van der Waals surface area contributed by atoms with Crippen LogP contribution in [0.4, 0.5) is 10.1 Å². The maximum Gasteiger partial charge on any atom is 0.163 e. The highest BCUT2D eigenvalue weighted by Gasteiger charge is 2.08. The molecular formula is C11H4BrFN4. The lowest BCUT2D eigenvalue weighted by Gasteiger charge is -2.06. The molecule has 0 atom stereocenters. The monoisotopic (exact) mass is 290 g/mol. The van der Waals surface area contributed by atoms with Crippen molar-refractivity contribution >= 4 is 21.6 Å². The zero-order valence-corrected chi connectivity index (χ0v) is 9.92. The van der Waals surface area contributed by atoms with Crippen LogP contribution in [0.3, 0.4) is 0 Å². The van der Waals surface area contributed by atoms with Gasteiger partial charge in [-0.2, -0.15) is 15.8 Å². The molecule has 1 rings (SSSR count). The summed E-state index contributed by atoms with van der Waals surface area (Å²) < 4.78 is 13.5. The molecule has 0 heterocycles. The second-order valence-electron chi connectivity index (χ2n) is 2.83. The minimum absolute atomic E-state index is 0.221. The zero-order chi connectivity index (χ0) is 12.8. The van der Waals surface area contributed by atoms with E-state index in [2.05, 4.69) is 21.2 Å². The molecule has 6 heteroatoms. The number of hydrogen-bond acceptors (Lipinski definition) is 4. The average Bonchev–Trinajstić information content (AvgIpc) is 2.33. The molecule has 0 aromatic heterocycles. The van der Waals surface area contributed by atoms with E-state index in [-0.39, 0.29) is 17.0 Å². The number of anilines is 1. The second-order valence-corrected chi connectivity index (χ2v) is 3.69. The van der Waals surface area contributed by atoms with Gasteiger partial charge in [-0.25, -0.2) is 4.39 Å². The minimum atomic E-state index is -0.497. The molecule has 1 N–H and O–H groups in total. The van der Waals surface area contributed by atoms with E-state index in [4.69, 9.17) is 15.8 Å². The molecule has 1 aromatic rings. The summed E-state index contributed by atoms with van der Waals surface area (Å²) in [5.74, 6) is -0.497. The third kappa shape index (κ3) is 3.04. The maximum absolute atomic E-state index is 13.0. The number of nitriles is 3. The average molecular weight is 291 g/mol. The fourth-order valence-corrected chi connectivity index (χ4v) is 1.36. The molecule has 0 spiro atoms. The van der Waals surface area contributed by atoms with Crippen LogP contribution in [0, 0.1) is 39.8 Å². The molecule has 82 valence electrons. The SMILES string of the molecule is N#CC(C#N)=C(C#N)Nc1cc(F)ccc1Br. The van der Waals surface area contributed by atoms with Gasteiger partial charge in [0, 0.05) is 4.47 Å². The van der Waals surface area contributed by atoms with E-state index in [0.29, 0.717) is 4.47 Å². The number of allylic oxidation sites excluding steroid dienone is 2. The largest absolute Gasteiger partial charge is 0.344 e. The highest BCUT2D eigenvalue weighted by Crippen LogP contribution is 2.24. The highest BCUT2D eigenvalue weighted by molar-refractivity contribution is 9.10. The number of rotatable bonds is 2. The first-order valence-corrected chi connectivity index (χ1v) is 5.08. The highest BCUT2D eigenvalue weighted by atomic mass is 79.9. The van der Waals surface area contributed by atoms with Gasteiger partial charge in [0.15, 0.2) is 5.57 Å². The van der Waals surface area contributed by atoms with Crippen molar-refractivity contribution in [1.82, 2.24) is 0 Å². The predicted octanol–water partition coefficient (Wildman–Crippen LogP) is 2.82. The number of hydrogen-bond donors (Lipinski definition) is 1. The van der Waals surface area contributed by atoms with E-state index in [1.807, 2.05) is 0 Å². The Balaban J connectivity index is 3.20. The van der Waals surface area contributed by atoms with Crippen molar-refractivity contribution in [3.05, 3.63) is 39.8 Å². The van der Waals surface area contributed by atoms with Gasteiger partial charge in [0.05, 0.1) is 5.69 Å². The number of halogens is 2. The third-order valence-electron chi connectivity index (χ3n) is 1.77. The van der Waals surface area contributed by atoms with E-state index in [0.717, 1.165) is 6.07 Å². The van der Waals surface area contributed by atoms with Gasteiger partial charge in [-0.3, -0.25) is 0 Å². The molecule has 0 radical (unpaired) electrons. The predicted molar refractivity (Wildman–Crippen MR) is 61.6 cm³/mol. The molecular weight excluding hydrogens is 287 g/mol. The van der Waals surface area contributed by atoms with Gasteiger partial charge in [-0.1, -0.05) is 0 Å². The van der Waals surface area contributed by atoms with E-state index >= 15 is 0 Å². The van der Waals surface area contributed by atoms with Crippen LogP contribution in [-0.4, -0.2) is 0 Å². The molecule has 0 amide bonds. The Hall–Kier alpha value is -2.36. The summed E-state index contributed by atoms with van der Waals surface area (Å²) >= 11 is 3.15. The molecule has 1 aromatic carbocycles. The van der Waals surface area contributed by atoms with Gasteiger partial charge in [-0.05, 0) is 34.1 Å². The second kappa shape index (κ2) is 5.65. The van der Waals surface area contributed by atoms with Gasteiger partial charge in [0.1, 0.15) is 29.7 Å². The van der Waals surface area contributed by atoms with E-state index < -0.39 is 5.82 Å². The Morgan fingerprint density at radius 3 is 2.35 bits per heavy atom. The lowest BCUT2D eigenvalue weighted by molar-refractivity contribution is 0.628. The van der Waals surface area contributed by atoms with Crippen LogP contribution in [0.15, 0.2) is 33.9 Å². The molecule has 0 unspecified atom stereocenters. The van der Waals surface area contributed by atoms with E-state index in [1.54, 1.807) is 18.2 Å². The Kier molecular flexibility index (Phi) is 4.22. The van der Waals surface area contributed by atoms with Crippen molar-refractivity contribution < 1.29 is 4.39 Å². The van der Waals surface area contributed by atoms with Crippen LogP contribution in [0.5, 0.6) is 0 Å². The van der Waals surface area contributed by atoms with Crippen molar-refractivity contribution in [2.75, 3.05) is 5.32 Å². The number of nitrogens with one attached hydrogen (secondary N) is 1. The van der Waals surface area contributed by atoms with Gasteiger partial charge < -0.3 is 5.32 Å². The summed E-state index contributed by atoms with van der Waals surface area (Å²) in [5.41, 5.74) is -0.311. The normalized spacial score (nSPS) is 8.41. The van der Waals surface area contributed by atoms with Crippen molar-refractivity contribution in [2.45, 2.75) is 0 Å². The van der Waals surface area contributed by atoms with E-state index in [9.17, 15) is 4.39 Å². The van der Waals surface area contributed by atoms with Crippen molar-refractivity contribution in [1.29, 1.82) is 15.8 Å². The van der Waals surface area contributed by atoms with Crippen molar-refractivity contribution in [3.63, 3.8) is 0 Å². The van der Waals surface area contributed by atoms with Gasteiger partial charge in [0.2, 0.25) is 0 Å². The lowest BCUT2D eigenvalue weighted by atomic mass is 10.2. The number of nitrogens with zero attached hydrogens (tertiary/aromatic N) is 3. The Morgan fingerprint density at radius 2 is 1.82 bits per heavy atom. The van der Waals surface area contributed by atoms with Gasteiger partial charge in [0.25, 0.3) is 0 Å². The zero-order valence-electron chi connectivity index (χ0n) is 8.33. The summed E-state index contributed by atoms with van der Waals surface area (Å²) in [6, 6.07) is 8.68. The lowest BCUT2D eigenvalue weighted by Crippen LogP contribution is -2.01. The van der Waals surface area contributed by atoms with Gasteiger partial charge >= 0.3 is 0 Å². The fourth-order valence-electron chi connectivity index (χ4n) is 1.01. The van der Waals surface area contributed by atoms with Crippen LogP contribution >= 0.6 is 15.9 Å². The summed E-state index contributed by atoms with van der Waals surface area (Å²) in [4.78, 5) is 0. The van der Waals surface area contributed by atoms with Crippen LogP contribution in [0.1, 0.15) is 0 Å². The Morgan fingerprint density at radius 1 is 1.18 bits per heavy atom. The van der Waals surface area contributed by atoms with Crippen LogP contribution < -0.4 is 5.32 Å². The molecule has 0 fully saturated rings. The number of benzene rings is 1. The molecule has 0 aliphatic heterocycles. The Labute approximate surface area is 105 Å². The first-order valence-electron chi connectivity index (χ1n) is 4.29. The van der Waals surface area contributed by atoms with Crippen LogP contribution in [-0.2, 0) is 0 Å². The molecule has 0 aliphatic carbocycles. The minimum Gasteiger partial charge on any atom is -0.344 e. The van der Waals surface area contributed by atoms with Crippen LogP contribution in [0.25, 0.3) is 0 Å². The summed E-state index contributed by atoms with van der Waals surface area (Å²) in [7, 11) is 0. The molecule has 0 bridgehead atoms. The van der Waals surface area contributed by atoms with Crippen LogP contribution in [0.2, 0.25) is 0 Å². The van der Waals surface area contributed by atoms with Gasteiger partial charge in [-0.15, -0.1) is 0 Å². The third-order valence-corrected chi connectivity index (χ3v) is 2.46. The van der Waals surface area contributed by atoms with Crippen molar-refractivity contribution in [3.8, 4) is 18.2 Å². The van der Waals surface area contributed by atoms with Crippen molar-refractivity contribution in [2.24, 2.45) is 0 Å². The first kappa shape index (κ1) is 12.7.